The van der Waals surface area contributed by atoms with Crippen molar-refractivity contribution in [3.63, 3.8) is 0 Å². The van der Waals surface area contributed by atoms with Gasteiger partial charge in [-0.1, -0.05) is 42.0 Å². The zero-order chi connectivity index (χ0) is 24.9. The van der Waals surface area contributed by atoms with Crippen LogP contribution in [-0.2, 0) is 19.4 Å². The van der Waals surface area contributed by atoms with Gasteiger partial charge in [0.2, 0.25) is 0 Å². The van der Waals surface area contributed by atoms with Crippen molar-refractivity contribution in [1.82, 2.24) is 4.98 Å². The number of hydrogen-bond acceptors (Lipinski definition) is 8. The molecule has 0 spiro atoms. The van der Waals surface area contributed by atoms with E-state index in [1.807, 2.05) is 19.9 Å². The van der Waals surface area contributed by atoms with Crippen molar-refractivity contribution < 1.29 is 27.4 Å². The standard InChI is InChI=1S/C24H28N2O6S2/c1-6-34(28,29)17-9-7-16(8-10-17)22(32-12-11-15(2)3)23(27)26-24-25-18-13-19(30-4)20(31-5)14-21(18)33-24/h7-11,13-14,22H,6,12H2,1-5H3,(H,25,26,27). The van der Waals surface area contributed by atoms with Gasteiger partial charge in [0, 0.05) is 12.1 Å². The van der Waals surface area contributed by atoms with Gasteiger partial charge in [-0.2, -0.15) is 0 Å². The molecule has 34 heavy (non-hydrogen) atoms. The topological polar surface area (TPSA) is 104 Å². The van der Waals surface area contributed by atoms with Crippen LogP contribution in [0.3, 0.4) is 0 Å². The smallest absolute Gasteiger partial charge is 0.259 e. The first-order valence-corrected chi connectivity index (χ1v) is 13.1. The molecule has 3 aromatic rings. The molecular formula is C24H28N2O6S2. The summed E-state index contributed by atoms with van der Waals surface area (Å²) in [4.78, 5) is 17.9. The highest BCUT2D eigenvalue weighted by atomic mass is 32.2. The molecule has 1 atom stereocenters. The van der Waals surface area contributed by atoms with Crippen LogP contribution < -0.4 is 14.8 Å². The maximum Gasteiger partial charge on any atom is 0.259 e. The minimum absolute atomic E-state index is 0.000507. The number of thiazole rings is 1. The van der Waals surface area contributed by atoms with Crippen molar-refractivity contribution in [1.29, 1.82) is 0 Å². The predicted molar refractivity (Wildman–Crippen MR) is 134 cm³/mol. The van der Waals surface area contributed by atoms with Crippen molar-refractivity contribution in [2.75, 3.05) is 31.9 Å². The molecule has 0 saturated carbocycles. The third-order valence-electron chi connectivity index (χ3n) is 5.04. The molecule has 10 heteroatoms. The van der Waals surface area contributed by atoms with Gasteiger partial charge in [-0.25, -0.2) is 13.4 Å². The number of rotatable bonds is 10. The molecule has 0 aliphatic carbocycles. The molecule has 0 aliphatic rings. The Morgan fingerprint density at radius 1 is 1.12 bits per heavy atom. The quantitative estimate of drug-likeness (QED) is 0.397. The molecule has 2 aromatic carbocycles. The van der Waals surface area contributed by atoms with Crippen molar-refractivity contribution in [2.45, 2.75) is 31.8 Å². The minimum atomic E-state index is -3.34. The number of carbonyl (C=O) groups excluding carboxylic acids is 1. The van der Waals surface area contributed by atoms with Crippen molar-refractivity contribution >= 4 is 42.4 Å². The molecule has 1 aromatic heterocycles. The number of carbonyl (C=O) groups is 1. The molecule has 3 rings (SSSR count). The van der Waals surface area contributed by atoms with E-state index < -0.39 is 21.8 Å². The molecule has 1 unspecified atom stereocenters. The zero-order valence-corrected chi connectivity index (χ0v) is 21.4. The minimum Gasteiger partial charge on any atom is -0.493 e. The van der Waals surface area contributed by atoms with E-state index in [4.69, 9.17) is 14.2 Å². The van der Waals surface area contributed by atoms with E-state index in [9.17, 15) is 13.2 Å². The van der Waals surface area contributed by atoms with Crippen LogP contribution in [0, 0.1) is 0 Å². The van der Waals surface area contributed by atoms with Gasteiger partial charge in [0.05, 0.1) is 41.7 Å². The first-order valence-electron chi connectivity index (χ1n) is 10.6. The summed E-state index contributed by atoms with van der Waals surface area (Å²) < 4.78 is 41.6. The fraction of sp³-hybridized carbons (Fsp3) is 0.333. The fourth-order valence-corrected chi connectivity index (χ4v) is 4.89. The number of nitrogens with one attached hydrogen (secondary N) is 1. The Hall–Kier alpha value is -2.95. The van der Waals surface area contributed by atoms with Crippen LogP contribution in [-0.4, -0.2) is 45.9 Å². The third-order valence-corrected chi connectivity index (χ3v) is 7.72. The molecule has 1 amide bonds. The lowest BCUT2D eigenvalue weighted by atomic mass is 10.1. The highest BCUT2D eigenvalue weighted by Crippen LogP contribution is 2.36. The van der Waals surface area contributed by atoms with Crippen molar-refractivity contribution in [3.05, 3.63) is 53.6 Å². The number of fused-ring (bicyclic) bond motifs is 1. The van der Waals surface area contributed by atoms with Gasteiger partial charge < -0.3 is 14.2 Å². The zero-order valence-electron chi connectivity index (χ0n) is 19.7. The van der Waals surface area contributed by atoms with Gasteiger partial charge in [0.1, 0.15) is 0 Å². The Balaban J connectivity index is 1.88. The van der Waals surface area contributed by atoms with Gasteiger partial charge in [-0.05, 0) is 31.5 Å². The van der Waals surface area contributed by atoms with Gasteiger partial charge in [-0.3, -0.25) is 10.1 Å². The highest BCUT2D eigenvalue weighted by molar-refractivity contribution is 7.91. The maximum absolute atomic E-state index is 13.2. The SMILES string of the molecule is CCS(=O)(=O)c1ccc(C(OCC=C(C)C)C(=O)Nc2nc3cc(OC)c(OC)cc3s2)cc1. The Kier molecular flexibility index (Phi) is 8.29. The van der Waals surface area contributed by atoms with E-state index in [-0.39, 0.29) is 17.3 Å². The second-order valence-corrected chi connectivity index (χ2v) is 11.0. The van der Waals surface area contributed by atoms with Crippen LogP contribution in [0.1, 0.15) is 32.4 Å². The monoisotopic (exact) mass is 504 g/mol. The Morgan fingerprint density at radius 3 is 2.35 bits per heavy atom. The normalized spacial score (nSPS) is 12.3. The van der Waals surface area contributed by atoms with Crippen LogP contribution in [0.4, 0.5) is 5.13 Å². The summed E-state index contributed by atoms with van der Waals surface area (Å²) in [7, 11) is -0.244. The van der Waals surface area contributed by atoms with Crippen LogP contribution in [0.2, 0.25) is 0 Å². The number of amides is 1. The van der Waals surface area contributed by atoms with Gasteiger partial charge in [-0.15, -0.1) is 0 Å². The number of anilines is 1. The van der Waals surface area contributed by atoms with Gasteiger partial charge in [0.25, 0.3) is 5.91 Å². The number of ether oxygens (including phenoxy) is 3. The molecule has 8 nitrogen and oxygen atoms in total. The lowest BCUT2D eigenvalue weighted by Gasteiger charge is -2.17. The lowest BCUT2D eigenvalue weighted by molar-refractivity contribution is -0.127. The Morgan fingerprint density at radius 2 is 1.76 bits per heavy atom. The number of hydrogen-bond donors (Lipinski definition) is 1. The van der Waals surface area contributed by atoms with E-state index in [1.165, 1.54) is 23.5 Å². The maximum atomic E-state index is 13.2. The van der Waals surface area contributed by atoms with Crippen LogP contribution in [0.15, 0.2) is 52.9 Å². The van der Waals surface area contributed by atoms with Crippen LogP contribution >= 0.6 is 11.3 Å². The summed E-state index contributed by atoms with van der Waals surface area (Å²) in [6, 6.07) is 9.74. The molecule has 1 N–H and O–H groups in total. The molecule has 1 heterocycles. The highest BCUT2D eigenvalue weighted by Gasteiger charge is 2.24. The number of methoxy groups -OCH3 is 2. The molecule has 182 valence electrons. The second-order valence-electron chi connectivity index (χ2n) is 7.65. The predicted octanol–water partition coefficient (Wildman–Crippen LogP) is 4.77. The van der Waals surface area contributed by atoms with Crippen molar-refractivity contribution in [3.8, 4) is 11.5 Å². The van der Waals surface area contributed by atoms with Crippen LogP contribution in [0.25, 0.3) is 10.2 Å². The van der Waals surface area contributed by atoms with E-state index in [2.05, 4.69) is 10.3 Å². The van der Waals surface area contributed by atoms with Gasteiger partial charge in [0.15, 0.2) is 32.6 Å². The summed E-state index contributed by atoms with van der Waals surface area (Å²) in [5.41, 5.74) is 2.26. The first kappa shape index (κ1) is 25.7. The molecule has 0 radical (unpaired) electrons. The summed E-state index contributed by atoms with van der Waals surface area (Å²) in [6.07, 6.45) is 0.914. The van der Waals surface area contributed by atoms with E-state index in [0.717, 1.165) is 10.3 Å². The summed E-state index contributed by atoms with van der Waals surface area (Å²) in [6.45, 7) is 5.69. The largest absolute Gasteiger partial charge is 0.493 e. The number of sulfone groups is 1. The Bertz CT molecular complexity index is 1250. The Labute approximate surface area is 203 Å². The number of allylic oxidation sites excluding steroid dienone is 1. The molecule has 0 fully saturated rings. The summed E-state index contributed by atoms with van der Waals surface area (Å²) >= 11 is 1.30. The summed E-state index contributed by atoms with van der Waals surface area (Å²) in [5, 5.41) is 3.22. The van der Waals surface area contributed by atoms with Gasteiger partial charge >= 0.3 is 0 Å². The van der Waals surface area contributed by atoms with E-state index in [1.54, 1.807) is 45.4 Å². The number of aromatic nitrogens is 1. The number of nitrogens with zero attached hydrogens (tertiary/aromatic N) is 1. The first-order chi connectivity index (χ1) is 16.2. The second kappa shape index (κ2) is 11.0. The molecule has 0 aliphatic heterocycles. The van der Waals surface area contributed by atoms with E-state index in [0.29, 0.717) is 27.7 Å². The lowest BCUT2D eigenvalue weighted by Crippen LogP contribution is -2.23. The third kappa shape index (κ3) is 5.94. The van der Waals surface area contributed by atoms with E-state index >= 15 is 0 Å². The summed E-state index contributed by atoms with van der Waals surface area (Å²) in [5.74, 6) is 0.705. The molecule has 0 saturated heterocycles. The van der Waals surface area contributed by atoms with Crippen molar-refractivity contribution in [2.24, 2.45) is 0 Å². The number of benzene rings is 2. The fourth-order valence-electron chi connectivity index (χ4n) is 3.13. The molecular weight excluding hydrogens is 476 g/mol. The van der Waals surface area contributed by atoms with Crippen LogP contribution in [0.5, 0.6) is 11.5 Å². The molecule has 0 bridgehead atoms. The average Bonchev–Trinajstić information content (AvgIpc) is 3.21. The average molecular weight is 505 g/mol.